The molecule has 2 aliphatic heterocycles. The summed E-state index contributed by atoms with van der Waals surface area (Å²) in [4.78, 5) is 18.2. The minimum Gasteiger partial charge on any atom is -0.454 e. The van der Waals surface area contributed by atoms with E-state index in [-0.39, 0.29) is 6.79 Å². The molecule has 1 unspecified atom stereocenters. The highest BCUT2D eigenvalue weighted by Crippen LogP contribution is 2.45. The van der Waals surface area contributed by atoms with Crippen LogP contribution in [0.3, 0.4) is 0 Å². The van der Waals surface area contributed by atoms with E-state index in [0.717, 1.165) is 62.3 Å². The zero-order valence-electron chi connectivity index (χ0n) is 16.0. The van der Waals surface area contributed by atoms with Crippen LogP contribution in [0.15, 0.2) is 18.2 Å². The predicted molar refractivity (Wildman–Crippen MR) is 101 cm³/mol. The van der Waals surface area contributed by atoms with Crippen molar-refractivity contribution in [2.45, 2.75) is 56.4 Å². The maximum Gasteiger partial charge on any atom is 0.233 e. The van der Waals surface area contributed by atoms with Gasteiger partial charge >= 0.3 is 0 Å². The topological polar surface area (TPSA) is 42.0 Å². The van der Waals surface area contributed by atoms with Crippen molar-refractivity contribution in [1.82, 2.24) is 9.80 Å². The van der Waals surface area contributed by atoms with Gasteiger partial charge in [-0.15, -0.1) is 0 Å². The van der Waals surface area contributed by atoms with Crippen LogP contribution in [0.5, 0.6) is 11.5 Å². The maximum atomic E-state index is 13.8. The van der Waals surface area contributed by atoms with Gasteiger partial charge in [-0.25, -0.2) is 0 Å². The first kappa shape index (κ1) is 17.7. The highest BCUT2D eigenvalue weighted by molar-refractivity contribution is 5.89. The molecule has 26 heavy (non-hydrogen) atoms. The number of hydrogen-bond acceptors (Lipinski definition) is 4. The van der Waals surface area contributed by atoms with Crippen LogP contribution in [0.2, 0.25) is 0 Å². The van der Waals surface area contributed by atoms with Gasteiger partial charge in [0.25, 0.3) is 0 Å². The average Bonchev–Trinajstić information content (AvgIpc) is 3.16. The molecule has 4 rings (SSSR count). The van der Waals surface area contributed by atoms with Crippen molar-refractivity contribution in [3.05, 3.63) is 23.8 Å². The van der Waals surface area contributed by atoms with Crippen LogP contribution in [0.25, 0.3) is 0 Å². The third kappa shape index (κ3) is 3.07. The van der Waals surface area contributed by atoms with Crippen LogP contribution in [0.1, 0.15) is 50.5 Å². The Kier molecular flexibility index (Phi) is 4.82. The van der Waals surface area contributed by atoms with Gasteiger partial charge in [-0.2, -0.15) is 0 Å². The van der Waals surface area contributed by atoms with E-state index in [4.69, 9.17) is 9.47 Å². The number of benzene rings is 1. The van der Waals surface area contributed by atoms with Crippen molar-refractivity contribution in [2.75, 3.05) is 34.0 Å². The third-order valence-electron chi connectivity index (χ3n) is 6.46. The summed E-state index contributed by atoms with van der Waals surface area (Å²) >= 11 is 0. The minimum absolute atomic E-state index is 0.274. The molecule has 3 aliphatic rings. The molecule has 1 saturated carbocycles. The van der Waals surface area contributed by atoms with Crippen LogP contribution in [-0.2, 0) is 10.2 Å². The predicted octanol–water partition coefficient (Wildman–Crippen LogP) is 3.17. The number of carbonyl (C=O) groups is 1. The van der Waals surface area contributed by atoms with Gasteiger partial charge in [0.1, 0.15) is 0 Å². The summed E-state index contributed by atoms with van der Waals surface area (Å²) in [5, 5.41) is 0. The Morgan fingerprint density at radius 1 is 1.12 bits per heavy atom. The van der Waals surface area contributed by atoms with Crippen molar-refractivity contribution < 1.29 is 14.3 Å². The van der Waals surface area contributed by atoms with Crippen molar-refractivity contribution >= 4 is 5.91 Å². The van der Waals surface area contributed by atoms with E-state index < -0.39 is 5.41 Å². The Balaban J connectivity index is 1.65. The van der Waals surface area contributed by atoms with E-state index in [0.29, 0.717) is 11.9 Å². The Bertz CT molecular complexity index is 667. The second-order valence-electron chi connectivity index (χ2n) is 8.22. The van der Waals surface area contributed by atoms with E-state index in [2.05, 4.69) is 36.0 Å². The van der Waals surface area contributed by atoms with Crippen LogP contribution in [0.4, 0.5) is 0 Å². The highest BCUT2D eigenvalue weighted by atomic mass is 16.7. The van der Waals surface area contributed by atoms with E-state index in [9.17, 15) is 4.79 Å². The quantitative estimate of drug-likeness (QED) is 0.832. The fourth-order valence-corrected chi connectivity index (χ4v) is 4.84. The summed E-state index contributed by atoms with van der Waals surface area (Å²) < 4.78 is 11.1. The largest absolute Gasteiger partial charge is 0.454 e. The van der Waals surface area contributed by atoms with Crippen LogP contribution in [0, 0.1) is 0 Å². The number of amides is 1. The number of piperidine rings is 1. The number of likely N-dealkylation sites (N-methyl/N-ethyl adjacent to an activating group) is 1. The fraction of sp³-hybridized carbons (Fsp3) is 0.667. The molecule has 1 aliphatic carbocycles. The van der Waals surface area contributed by atoms with E-state index in [1.54, 1.807) is 0 Å². The van der Waals surface area contributed by atoms with E-state index >= 15 is 0 Å². The van der Waals surface area contributed by atoms with Crippen LogP contribution >= 0.6 is 0 Å². The standard InChI is InChI=1S/C21H30N2O3/c1-22(2)17-7-6-12-23(14-17)20(24)21(10-4-3-5-11-21)16-8-9-18-19(13-16)26-15-25-18/h8-9,13,17H,3-7,10-12,14-15H2,1-2H3. The first-order valence-electron chi connectivity index (χ1n) is 9.96. The minimum atomic E-state index is -0.395. The summed E-state index contributed by atoms with van der Waals surface area (Å²) in [6, 6.07) is 6.58. The number of fused-ring (bicyclic) bond motifs is 1. The molecule has 142 valence electrons. The number of rotatable bonds is 3. The average molecular weight is 358 g/mol. The molecule has 2 fully saturated rings. The van der Waals surface area contributed by atoms with Gasteiger partial charge in [0.15, 0.2) is 11.5 Å². The molecule has 0 aromatic heterocycles. The van der Waals surface area contributed by atoms with Gasteiger partial charge in [-0.05, 0) is 57.5 Å². The summed E-state index contributed by atoms with van der Waals surface area (Å²) in [5.74, 6) is 1.89. The molecule has 0 radical (unpaired) electrons. The zero-order valence-corrected chi connectivity index (χ0v) is 16.0. The van der Waals surface area contributed by atoms with E-state index in [1.165, 1.54) is 12.8 Å². The molecule has 1 aromatic carbocycles. The lowest BCUT2D eigenvalue weighted by atomic mass is 9.68. The molecule has 1 aromatic rings. The molecule has 2 heterocycles. The van der Waals surface area contributed by atoms with Crippen molar-refractivity contribution in [1.29, 1.82) is 0 Å². The monoisotopic (exact) mass is 358 g/mol. The Hall–Kier alpha value is -1.75. The second-order valence-corrected chi connectivity index (χ2v) is 8.22. The molecular weight excluding hydrogens is 328 g/mol. The lowest BCUT2D eigenvalue weighted by Gasteiger charge is -2.44. The number of hydrogen-bond donors (Lipinski definition) is 0. The molecule has 5 nitrogen and oxygen atoms in total. The van der Waals surface area contributed by atoms with Gasteiger partial charge < -0.3 is 19.3 Å². The fourth-order valence-electron chi connectivity index (χ4n) is 4.84. The zero-order chi connectivity index (χ0) is 18.1. The van der Waals surface area contributed by atoms with Gasteiger partial charge in [0, 0.05) is 19.1 Å². The number of nitrogens with zero attached hydrogens (tertiary/aromatic N) is 2. The molecule has 1 atom stereocenters. The van der Waals surface area contributed by atoms with Crippen molar-refractivity contribution in [3.8, 4) is 11.5 Å². The number of likely N-dealkylation sites (tertiary alicyclic amines) is 1. The van der Waals surface area contributed by atoms with Crippen LogP contribution in [-0.4, -0.2) is 55.7 Å². The van der Waals surface area contributed by atoms with Gasteiger partial charge in [0.05, 0.1) is 5.41 Å². The molecule has 0 N–H and O–H groups in total. The lowest BCUT2D eigenvalue weighted by Crippen LogP contribution is -2.54. The molecular formula is C21H30N2O3. The molecule has 0 bridgehead atoms. The molecule has 1 saturated heterocycles. The Labute approximate surface area is 156 Å². The Morgan fingerprint density at radius 3 is 2.65 bits per heavy atom. The summed E-state index contributed by atoms with van der Waals surface area (Å²) in [6.07, 6.45) is 7.60. The second kappa shape index (κ2) is 7.10. The summed E-state index contributed by atoms with van der Waals surface area (Å²) in [6.45, 7) is 2.00. The molecule has 5 heteroatoms. The van der Waals surface area contributed by atoms with E-state index in [1.807, 2.05) is 6.07 Å². The molecule has 0 spiro atoms. The summed E-state index contributed by atoms with van der Waals surface area (Å²) in [7, 11) is 4.24. The Morgan fingerprint density at radius 2 is 1.88 bits per heavy atom. The lowest BCUT2D eigenvalue weighted by molar-refractivity contribution is -0.141. The highest BCUT2D eigenvalue weighted by Gasteiger charge is 2.45. The van der Waals surface area contributed by atoms with Crippen molar-refractivity contribution in [2.24, 2.45) is 0 Å². The van der Waals surface area contributed by atoms with Crippen LogP contribution < -0.4 is 9.47 Å². The first-order valence-corrected chi connectivity index (χ1v) is 9.96. The van der Waals surface area contributed by atoms with Crippen molar-refractivity contribution in [3.63, 3.8) is 0 Å². The smallest absolute Gasteiger partial charge is 0.233 e. The normalized spacial score (nSPS) is 24.7. The molecule has 1 amide bonds. The van der Waals surface area contributed by atoms with Gasteiger partial charge in [-0.1, -0.05) is 25.3 Å². The third-order valence-corrected chi connectivity index (χ3v) is 6.46. The number of carbonyl (C=O) groups excluding carboxylic acids is 1. The van der Waals surface area contributed by atoms with Gasteiger partial charge in [-0.3, -0.25) is 4.79 Å². The summed E-state index contributed by atoms with van der Waals surface area (Å²) in [5.41, 5.74) is 0.714. The SMILES string of the molecule is CN(C)C1CCCN(C(=O)C2(c3ccc4c(c3)OCO4)CCCCC2)C1. The first-order chi connectivity index (χ1) is 12.6. The number of ether oxygens (including phenoxy) is 2. The van der Waals surface area contributed by atoms with Gasteiger partial charge in [0.2, 0.25) is 12.7 Å². The maximum absolute atomic E-state index is 13.8.